The van der Waals surface area contributed by atoms with E-state index in [1.54, 1.807) is 18.3 Å². The van der Waals surface area contributed by atoms with Crippen LogP contribution in [-0.4, -0.2) is 21.1 Å². The van der Waals surface area contributed by atoms with E-state index < -0.39 is 5.41 Å². The molecule has 0 aliphatic heterocycles. The number of nitriles is 1. The molecule has 0 aromatic carbocycles. The summed E-state index contributed by atoms with van der Waals surface area (Å²) in [6.45, 7) is 27.0. The Labute approximate surface area is 261 Å². The van der Waals surface area contributed by atoms with Crippen molar-refractivity contribution in [1.29, 1.82) is 5.26 Å². The average molecular weight is 598 g/mol. The van der Waals surface area contributed by atoms with Gasteiger partial charge < -0.3 is 9.90 Å². The molecule has 1 N–H and O–H groups in total. The van der Waals surface area contributed by atoms with Gasteiger partial charge >= 0.3 is 0 Å². The number of Topliss-reactive ketones (excluding diaryl/α,β-unsaturated/α-hetero) is 1. The second-order valence-electron chi connectivity index (χ2n) is 16.8. The van der Waals surface area contributed by atoms with Gasteiger partial charge in [0.2, 0.25) is 0 Å². The molecule has 0 saturated heterocycles. The van der Waals surface area contributed by atoms with Crippen molar-refractivity contribution in [3.63, 3.8) is 0 Å². The first kappa shape index (κ1) is 34.7. The third kappa shape index (κ3) is 6.38. The van der Waals surface area contributed by atoms with Crippen LogP contribution in [-0.2, 0) is 10.2 Å². The highest BCUT2D eigenvalue weighted by molar-refractivity contribution is 7.11. The van der Waals surface area contributed by atoms with Crippen LogP contribution in [0.3, 0.4) is 0 Å². The predicted octanol–water partition coefficient (Wildman–Crippen LogP) is 10.3. The van der Waals surface area contributed by atoms with E-state index in [0.29, 0.717) is 23.8 Å². The summed E-state index contributed by atoms with van der Waals surface area (Å²) in [6, 6.07) is 2.34. The zero-order chi connectivity index (χ0) is 31.9. The molecule has 236 valence electrons. The van der Waals surface area contributed by atoms with Crippen molar-refractivity contribution in [2.75, 3.05) is 0 Å². The van der Waals surface area contributed by atoms with Crippen molar-refractivity contribution in [3.8, 4) is 6.07 Å². The number of fused-ring (bicyclic) bond motifs is 1. The van der Waals surface area contributed by atoms with E-state index in [2.05, 4.69) is 85.5 Å². The van der Waals surface area contributed by atoms with E-state index in [0.717, 1.165) is 48.5 Å². The van der Waals surface area contributed by atoms with Crippen molar-refractivity contribution in [2.45, 2.75) is 153 Å². The maximum absolute atomic E-state index is 12.9. The van der Waals surface area contributed by atoms with Crippen LogP contribution in [0.4, 0.5) is 0 Å². The number of aliphatic hydroxyl groups is 1. The molecule has 1 heterocycles. The smallest absolute Gasteiger partial charge is 0.130 e. The van der Waals surface area contributed by atoms with Crippen molar-refractivity contribution in [3.05, 3.63) is 21.3 Å². The minimum absolute atomic E-state index is 0.0544. The number of aliphatic hydroxyl groups excluding tert-OH is 1. The molecule has 2 aliphatic carbocycles. The fourth-order valence-electron chi connectivity index (χ4n) is 9.19. The molecule has 0 bridgehead atoms. The Morgan fingerprint density at radius 3 is 2.19 bits per heavy atom. The summed E-state index contributed by atoms with van der Waals surface area (Å²) in [5, 5.41) is 32.4. The summed E-state index contributed by atoms with van der Waals surface area (Å²) in [6.07, 6.45) is 9.76. The van der Waals surface area contributed by atoms with Crippen LogP contribution >= 0.6 is 11.3 Å². The summed E-state index contributed by atoms with van der Waals surface area (Å²) in [4.78, 5) is 12.9. The number of carbonyl (C=O) groups excluding carboxylic acids is 1. The lowest BCUT2D eigenvalue weighted by atomic mass is 9.39. The molecule has 2 aliphatic rings. The van der Waals surface area contributed by atoms with Gasteiger partial charge in [0.15, 0.2) is 0 Å². The lowest BCUT2D eigenvalue weighted by molar-refractivity contribution is -0.161. The molecule has 5 nitrogen and oxygen atoms in total. The van der Waals surface area contributed by atoms with Gasteiger partial charge in [-0.2, -0.15) is 5.26 Å². The second-order valence-corrected chi connectivity index (χ2v) is 18.0. The van der Waals surface area contributed by atoms with Gasteiger partial charge in [-0.3, -0.25) is 0 Å². The number of carbonyl (C=O) groups is 1. The first-order chi connectivity index (χ1) is 19.2. The van der Waals surface area contributed by atoms with E-state index >= 15 is 0 Å². The van der Waals surface area contributed by atoms with Crippen LogP contribution < -0.4 is 0 Å². The van der Waals surface area contributed by atoms with Gasteiger partial charge in [0.25, 0.3) is 0 Å². The topological polar surface area (TPSA) is 86.9 Å². The molecule has 0 unspecified atom stereocenters. The van der Waals surface area contributed by atoms with E-state index in [9.17, 15) is 15.2 Å². The Bertz CT molecular complexity index is 1220. The normalized spacial score (nSPS) is 29.5. The molecule has 3 rings (SSSR count). The van der Waals surface area contributed by atoms with E-state index in [1.807, 2.05) is 6.92 Å². The van der Waals surface area contributed by atoms with Gasteiger partial charge in [-0.1, -0.05) is 75.7 Å². The maximum Gasteiger partial charge on any atom is 0.130 e. The fourth-order valence-corrected chi connectivity index (χ4v) is 10.1. The first-order valence-corrected chi connectivity index (χ1v) is 17.1. The van der Waals surface area contributed by atoms with Crippen LogP contribution in [0.2, 0.25) is 0 Å². The standard InChI is InChI=1S/C36H59N3O2S/c1-13-15-31(4,5)17-19-34(10,30-39-38-25(3)42-30)20-18-32(6,7)36(12)16-14-27-33(8,9)29(41)26(23-37)22-35(27,11)28(36)21-24(2)40/h27-28,41H,13-22H2,1-12H3/t27-,28+,34-,35-,36+/m0/s1. The Balaban J connectivity index is 2.00. The number of rotatable bonds is 12. The van der Waals surface area contributed by atoms with Crippen molar-refractivity contribution in [1.82, 2.24) is 10.2 Å². The number of ketones is 1. The quantitative estimate of drug-likeness (QED) is 0.259. The van der Waals surface area contributed by atoms with E-state index in [1.165, 1.54) is 12.8 Å². The van der Waals surface area contributed by atoms with Crippen LogP contribution in [0, 0.1) is 57.2 Å². The Hall–Kier alpha value is -1.74. The molecule has 1 aromatic rings. The highest BCUT2D eigenvalue weighted by Crippen LogP contribution is 2.69. The van der Waals surface area contributed by atoms with Gasteiger partial charge in [0, 0.05) is 17.3 Å². The van der Waals surface area contributed by atoms with Crippen LogP contribution in [0.25, 0.3) is 0 Å². The van der Waals surface area contributed by atoms with Crippen molar-refractivity contribution < 1.29 is 9.90 Å². The number of aromatic nitrogens is 2. The number of nitrogens with zero attached hydrogens (tertiary/aromatic N) is 3. The summed E-state index contributed by atoms with van der Waals surface area (Å²) >= 11 is 1.74. The first-order valence-electron chi connectivity index (χ1n) is 16.3. The van der Waals surface area contributed by atoms with Gasteiger partial charge in [-0.15, -0.1) is 21.5 Å². The van der Waals surface area contributed by atoms with Crippen LogP contribution in [0.5, 0.6) is 0 Å². The molecule has 5 atom stereocenters. The van der Waals surface area contributed by atoms with Crippen LogP contribution in [0.15, 0.2) is 11.3 Å². The molecule has 1 aromatic heterocycles. The highest BCUT2D eigenvalue weighted by Gasteiger charge is 2.63. The zero-order valence-electron chi connectivity index (χ0n) is 28.8. The summed E-state index contributed by atoms with van der Waals surface area (Å²) in [5.41, 5.74) is -0.158. The molecule has 1 saturated carbocycles. The third-order valence-electron chi connectivity index (χ3n) is 12.4. The Morgan fingerprint density at radius 1 is 1.05 bits per heavy atom. The minimum atomic E-state index is -0.488. The lowest BCUT2D eigenvalue weighted by Gasteiger charge is -2.65. The summed E-state index contributed by atoms with van der Waals surface area (Å²) < 4.78 is 0. The highest BCUT2D eigenvalue weighted by atomic mass is 32.1. The molecule has 0 amide bonds. The molecule has 1 fully saturated rings. The molecule has 42 heavy (non-hydrogen) atoms. The second kappa shape index (κ2) is 12.0. The third-order valence-corrected chi connectivity index (χ3v) is 13.6. The van der Waals surface area contributed by atoms with Gasteiger partial charge in [-0.25, -0.2) is 0 Å². The SMILES string of the molecule is CCCC(C)(C)CC[C@@](C)(CCC(C)(C)[C@]1(C)CC[C@H]2C(C)(C)C(O)=C(C#N)C[C@]2(C)[C@H]1CC(C)=O)c1nnc(C)s1. The van der Waals surface area contributed by atoms with Crippen LogP contribution in [0.1, 0.15) is 150 Å². The number of hydrogen-bond acceptors (Lipinski definition) is 6. The van der Waals surface area contributed by atoms with E-state index in [4.69, 9.17) is 0 Å². The zero-order valence-corrected chi connectivity index (χ0v) is 29.6. The van der Waals surface area contributed by atoms with Crippen molar-refractivity contribution in [2.24, 2.45) is 38.9 Å². The largest absolute Gasteiger partial charge is 0.511 e. The molecule has 6 heteroatoms. The number of aryl methyl sites for hydroxylation is 1. The average Bonchev–Trinajstić information content (AvgIpc) is 3.33. The van der Waals surface area contributed by atoms with E-state index in [-0.39, 0.29) is 45.0 Å². The lowest BCUT2D eigenvalue weighted by Crippen LogP contribution is -2.59. The van der Waals surface area contributed by atoms with Gasteiger partial charge in [-0.05, 0) is 98.7 Å². The predicted molar refractivity (Wildman–Crippen MR) is 174 cm³/mol. The number of allylic oxidation sites excluding steroid dienone is 2. The molecular formula is C36H59N3O2S. The summed E-state index contributed by atoms with van der Waals surface area (Å²) in [7, 11) is 0. The Morgan fingerprint density at radius 2 is 1.67 bits per heavy atom. The minimum Gasteiger partial charge on any atom is -0.511 e. The molecular weight excluding hydrogens is 538 g/mol. The summed E-state index contributed by atoms with van der Waals surface area (Å²) in [5.74, 6) is 0.800. The van der Waals surface area contributed by atoms with Gasteiger partial charge in [0.1, 0.15) is 21.6 Å². The monoisotopic (exact) mass is 597 g/mol. The van der Waals surface area contributed by atoms with Crippen molar-refractivity contribution >= 4 is 17.1 Å². The number of hydrogen-bond donors (Lipinski definition) is 1. The molecule has 0 spiro atoms. The molecule has 0 radical (unpaired) electrons. The van der Waals surface area contributed by atoms with Gasteiger partial charge in [0.05, 0.1) is 11.6 Å². The fraction of sp³-hybridized carbons (Fsp3) is 0.833. The Kier molecular flexibility index (Phi) is 9.91. The maximum atomic E-state index is 12.9.